The van der Waals surface area contributed by atoms with Gasteiger partial charge in [0.1, 0.15) is 11.5 Å². The average Bonchev–Trinajstić information content (AvgIpc) is 2.42. The van der Waals surface area contributed by atoms with E-state index in [1.807, 2.05) is 0 Å². The number of thioether (sulfide) groups is 1. The number of carbonyl (C=O) groups excluding carboxylic acids is 1. The van der Waals surface area contributed by atoms with Gasteiger partial charge in [0.25, 0.3) is 0 Å². The van der Waals surface area contributed by atoms with Crippen LogP contribution < -0.4 is 15.4 Å². The van der Waals surface area contributed by atoms with E-state index in [1.54, 1.807) is 23.9 Å². The Morgan fingerprint density at radius 1 is 1.61 bits per heavy atom. The first-order chi connectivity index (χ1) is 8.70. The van der Waals surface area contributed by atoms with Crippen LogP contribution in [0.1, 0.15) is 0 Å². The van der Waals surface area contributed by atoms with Crippen LogP contribution in [-0.4, -0.2) is 42.2 Å². The van der Waals surface area contributed by atoms with Gasteiger partial charge in [-0.3, -0.25) is 4.79 Å². The van der Waals surface area contributed by atoms with Gasteiger partial charge in [0.15, 0.2) is 0 Å². The molecule has 0 bridgehead atoms. The number of hydrogen-bond acceptors (Lipinski definition) is 5. The van der Waals surface area contributed by atoms with Crippen molar-refractivity contribution in [3.63, 3.8) is 0 Å². The number of aromatic hydroxyl groups is 1. The highest BCUT2D eigenvalue weighted by molar-refractivity contribution is 7.99. The second kappa shape index (κ2) is 5.97. The number of benzene rings is 1. The third kappa shape index (κ3) is 3.08. The SMILES string of the molecule is COc1ccc(O)c(NC(=O)C2CSCCN2)c1. The van der Waals surface area contributed by atoms with E-state index in [4.69, 9.17) is 4.74 Å². The zero-order chi connectivity index (χ0) is 13.0. The molecule has 1 aliphatic heterocycles. The Labute approximate surface area is 110 Å². The summed E-state index contributed by atoms with van der Waals surface area (Å²) in [5, 5.41) is 15.5. The number of amides is 1. The number of phenols is 1. The summed E-state index contributed by atoms with van der Waals surface area (Å²) in [7, 11) is 1.54. The van der Waals surface area contributed by atoms with E-state index in [9.17, 15) is 9.90 Å². The van der Waals surface area contributed by atoms with Gasteiger partial charge in [0.2, 0.25) is 5.91 Å². The molecule has 0 spiro atoms. The summed E-state index contributed by atoms with van der Waals surface area (Å²) < 4.78 is 5.05. The molecule has 1 unspecified atom stereocenters. The van der Waals surface area contributed by atoms with Gasteiger partial charge in [-0.15, -0.1) is 0 Å². The van der Waals surface area contributed by atoms with Crippen molar-refractivity contribution in [2.75, 3.05) is 30.5 Å². The lowest BCUT2D eigenvalue weighted by atomic mass is 10.2. The van der Waals surface area contributed by atoms with Crippen molar-refractivity contribution in [1.82, 2.24) is 5.32 Å². The smallest absolute Gasteiger partial charge is 0.242 e. The third-order valence-corrected chi connectivity index (χ3v) is 3.76. The van der Waals surface area contributed by atoms with Crippen LogP contribution in [0.25, 0.3) is 0 Å². The number of carbonyl (C=O) groups is 1. The molecule has 5 nitrogen and oxygen atoms in total. The molecule has 18 heavy (non-hydrogen) atoms. The third-order valence-electron chi connectivity index (χ3n) is 2.70. The first-order valence-corrected chi connectivity index (χ1v) is 6.85. The lowest BCUT2D eigenvalue weighted by molar-refractivity contribution is -0.117. The largest absolute Gasteiger partial charge is 0.506 e. The molecule has 6 heteroatoms. The summed E-state index contributed by atoms with van der Waals surface area (Å²) in [6.45, 7) is 0.826. The van der Waals surface area contributed by atoms with Gasteiger partial charge in [-0.1, -0.05) is 0 Å². The lowest BCUT2D eigenvalue weighted by Crippen LogP contribution is -2.46. The topological polar surface area (TPSA) is 70.6 Å². The highest BCUT2D eigenvalue weighted by Crippen LogP contribution is 2.28. The zero-order valence-corrected chi connectivity index (χ0v) is 10.9. The predicted octanol–water partition coefficient (Wildman–Crippen LogP) is 1.04. The van der Waals surface area contributed by atoms with Gasteiger partial charge in [-0.05, 0) is 12.1 Å². The highest BCUT2D eigenvalue weighted by Gasteiger charge is 2.21. The Hall–Kier alpha value is -1.40. The molecule has 98 valence electrons. The minimum Gasteiger partial charge on any atom is -0.506 e. The summed E-state index contributed by atoms with van der Waals surface area (Å²) in [6, 6.07) is 4.52. The van der Waals surface area contributed by atoms with E-state index < -0.39 is 0 Å². The number of phenolic OH excluding ortho intramolecular Hbond substituents is 1. The quantitative estimate of drug-likeness (QED) is 0.715. The number of methoxy groups -OCH3 is 1. The van der Waals surface area contributed by atoms with E-state index in [-0.39, 0.29) is 17.7 Å². The van der Waals surface area contributed by atoms with Crippen molar-refractivity contribution in [2.45, 2.75) is 6.04 Å². The van der Waals surface area contributed by atoms with Crippen molar-refractivity contribution in [2.24, 2.45) is 0 Å². The van der Waals surface area contributed by atoms with Crippen molar-refractivity contribution >= 4 is 23.4 Å². The molecule has 1 fully saturated rings. The number of hydrogen-bond donors (Lipinski definition) is 3. The zero-order valence-electron chi connectivity index (χ0n) is 10.1. The number of anilines is 1. The molecule has 1 atom stereocenters. The molecule has 0 saturated carbocycles. The Morgan fingerprint density at radius 2 is 2.44 bits per heavy atom. The summed E-state index contributed by atoms with van der Waals surface area (Å²) in [4.78, 5) is 12.0. The summed E-state index contributed by atoms with van der Waals surface area (Å²) in [5.41, 5.74) is 0.372. The highest BCUT2D eigenvalue weighted by atomic mass is 32.2. The number of rotatable bonds is 3. The molecule has 1 amide bonds. The van der Waals surface area contributed by atoms with Crippen LogP contribution >= 0.6 is 11.8 Å². The average molecular weight is 268 g/mol. The van der Waals surface area contributed by atoms with Gasteiger partial charge < -0.3 is 20.5 Å². The molecule has 1 saturated heterocycles. The molecule has 1 aliphatic rings. The van der Waals surface area contributed by atoms with Crippen molar-refractivity contribution in [3.05, 3.63) is 18.2 Å². The number of ether oxygens (including phenoxy) is 1. The second-order valence-corrected chi connectivity index (χ2v) is 5.10. The predicted molar refractivity (Wildman–Crippen MR) is 72.4 cm³/mol. The maximum Gasteiger partial charge on any atom is 0.242 e. The first kappa shape index (κ1) is 13.0. The Kier molecular flexibility index (Phi) is 4.33. The van der Waals surface area contributed by atoms with Crippen LogP contribution in [0.4, 0.5) is 5.69 Å². The van der Waals surface area contributed by atoms with Gasteiger partial charge in [0, 0.05) is 24.1 Å². The van der Waals surface area contributed by atoms with Crippen molar-refractivity contribution < 1.29 is 14.6 Å². The Balaban J connectivity index is 2.05. The van der Waals surface area contributed by atoms with E-state index in [2.05, 4.69) is 10.6 Å². The minimum atomic E-state index is -0.214. The van der Waals surface area contributed by atoms with Crippen molar-refractivity contribution in [3.8, 4) is 11.5 Å². The Bertz CT molecular complexity index is 433. The fourth-order valence-corrected chi connectivity index (χ4v) is 2.63. The molecule has 3 N–H and O–H groups in total. The van der Waals surface area contributed by atoms with Gasteiger partial charge in [-0.2, -0.15) is 11.8 Å². The molecule has 1 heterocycles. The standard InChI is InChI=1S/C12H16N2O3S/c1-17-8-2-3-11(15)9(6-8)14-12(16)10-7-18-5-4-13-10/h2-3,6,10,13,15H,4-5,7H2,1H3,(H,14,16). The molecule has 1 aromatic carbocycles. The van der Waals surface area contributed by atoms with Crippen LogP contribution in [0.2, 0.25) is 0 Å². The van der Waals surface area contributed by atoms with E-state index in [0.717, 1.165) is 18.1 Å². The maximum atomic E-state index is 12.0. The summed E-state index contributed by atoms with van der Waals surface area (Å²) in [5.74, 6) is 2.26. The maximum absolute atomic E-state index is 12.0. The number of nitrogens with one attached hydrogen (secondary N) is 2. The fraction of sp³-hybridized carbons (Fsp3) is 0.417. The minimum absolute atomic E-state index is 0.0348. The first-order valence-electron chi connectivity index (χ1n) is 5.69. The van der Waals surface area contributed by atoms with Crippen LogP contribution in [-0.2, 0) is 4.79 Å². The second-order valence-electron chi connectivity index (χ2n) is 3.95. The Morgan fingerprint density at radius 3 is 3.11 bits per heavy atom. The molecular weight excluding hydrogens is 252 g/mol. The monoisotopic (exact) mass is 268 g/mol. The van der Waals surface area contributed by atoms with Gasteiger partial charge >= 0.3 is 0 Å². The van der Waals surface area contributed by atoms with Crippen LogP contribution in [0, 0.1) is 0 Å². The van der Waals surface area contributed by atoms with E-state index in [0.29, 0.717) is 11.4 Å². The molecule has 2 rings (SSSR count). The summed E-state index contributed by atoms with van der Waals surface area (Å²) >= 11 is 1.74. The van der Waals surface area contributed by atoms with Crippen molar-refractivity contribution in [1.29, 1.82) is 0 Å². The van der Waals surface area contributed by atoms with E-state index in [1.165, 1.54) is 13.2 Å². The van der Waals surface area contributed by atoms with Gasteiger partial charge in [0.05, 0.1) is 18.8 Å². The fourth-order valence-electron chi connectivity index (χ4n) is 1.70. The summed E-state index contributed by atoms with van der Waals surface area (Å²) in [6.07, 6.45) is 0. The molecule has 0 radical (unpaired) electrons. The normalized spacial score (nSPS) is 19.3. The van der Waals surface area contributed by atoms with Crippen LogP contribution in [0.5, 0.6) is 11.5 Å². The van der Waals surface area contributed by atoms with Crippen LogP contribution in [0.15, 0.2) is 18.2 Å². The molecule has 0 aromatic heterocycles. The molecular formula is C12H16N2O3S. The van der Waals surface area contributed by atoms with Crippen LogP contribution in [0.3, 0.4) is 0 Å². The molecule has 0 aliphatic carbocycles. The van der Waals surface area contributed by atoms with Gasteiger partial charge in [-0.25, -0.2) is 0 Å². The molecule has 1 aromatic rings. The van der Waals surface area contributed by atoms with E-state index >= 15 is 0 Å². The lowest BCUT2D eigenvalue weighted by Gasteiger charge is -2.22.